The second-order valence-corrected chi connectivity index (χ2v) is 6.48. The minimum atomic E-state index is 0.0641. The van der Waals surface area contributed by atoms with Gasteiger partial charge in [-0.25, -0.2) is 0 Å². The number of aryl methyl sites for hydroxylation is 3. The zero-order valence-electron chi connectivity index (χ0n) is 14.1. The standard InChI is InChI=1S/C20H24N2O/c1-13-10-14(2)20(15(3)11-13)22-19(23)12-18-17-7-5-4-6-16(17)8-9-21-18/h4-7,10-11,18,21H,8-9,12H2,1-3H3,(H,22,23). The first-order valence-electron chi connectivity index (χ1n) is 8.23. The van der Waals surface area contributed by atoms with Crippen molar-refractivity contribution in [2.75, 3.05) is 11.9 Å². The van der Waals surface area contributed by atoms with E-state index in [1.807, 2.05) is 19.9 Å². The molecule has 0 radical (unpaired) electrons. The van der Waals surface area contributed by atoms with Gasteiger partial charge in [0, 0.05) is 18.2 Å². The van der Waals surface area contributed by atoms with Crippen LogP contribution >= 0.6 is 0 Å². The fourth-order valence-electron chi connectivity index (χ4n) is 3.53. The van der Waals surface area contributed by atoms with Crippen LogP contribution in [0.3, 0.4) is 0 Å². The zero-order valence-corrected chi connectivity index (χ0v) is 14.1. The fraction of sp³-hybridized carbons (Fsp3) is 0.350. The van der Waals surface area contributed by atoms with E-state index in [2.05, 4.69) is 47.9 Å². The van der Waals surface area contributed by atoms with E-state index in [0.29, 0.717) is 6.42 Å². The Hall–Kier alpha value is -2.13. The Bertz CT molecular complexity index is 713. The van der Waals surface area contributed by atoms with Gasteiger partial charge in [-0.1, -0.05) is 42.0 Å². The number of benzene rings is 2. The fourth-order valence-corrected chi connectivity index (χ4v) is 3.53. The number of amides is 1. The van der Waals surface area contributed by atoms with Crippen LogP contribution in [0, 0.1) is 20.8 Å². The second-order valence-electron chi connectivity index (χ2n) is 6.48. The van der Waals surface area contributed by atoms with E-state index >= 15 is 0 Å². The number of carbonyl (C=O) groups is 1. The van der Waals surface area contributed by atoms with Crippen LogP contribution in [0.1, 0.15) is 40.3 Å². The van der Waals surface area contributed by atoms with Gasteiger partial charge in [0.15, 0.2) is 0 Å². The van der Waals surface area contributed by atoms with Gasteiger partial charge in [0.2, 0.25) is 5.91 Å². The van der Waals surface area contributed by atoms with Crippen molar-refractivity contribution in [2.45, 2.75) is 39.7 Å². The van der Waals surface area contributed by atoms with Crippen molar-refractivity contribution in [3.8, 4) is 0 Å². The van der Waals surface area contributed by atoms with Gasteiger partial charge < -0.3 is 10.6 Å². The molecule has 1 aliphatic heterocycles. The Balaban J connectivity index is 1.74. The molecule has 23 heavy (non-hydrogen) atoms. The maximum Gasteiger partial charge on any atom is 0.226 e. The van der Waals surface area contributed by atoms with Gasteiger partial charge >= 0.3 is 0 Å². The van der Waals surface area contributed by atoms with E-state index in [1.165, 1.54) is 16.7 Å². The largest absolute Gasteiger partial charge is 0.326 e. The lowest BCUT2D eigenvalue weighted by Gasteiger charge is -2.26. The Morgan fingerprint density at radius 2 is 1.87 bits per heavy atom. The third kappa shape index (κ3) is 3.45. The minimum absolute atomic E-state index is 0.0641. The Morgan fingerprint density at radius 1 is 1.17 bits per heavy atom. The normalized spacial score (nSPS) is 16.7. The van der Waals surface area contributed by atoms with Crippen LogP contribution in [0.2, 0.25) is 0 Å². The minimum Gasteiger partial charge on any atom is -0.326 e. The Kier molecular flexibility index (Phi) is 4.49. The van der Waals surface area contributed by atoms with Gasteiger partial charge in [0.05, 0.1) is 0 Å². The van der Waals surface area contributed by atoms with Crippen molar-refractivity contribution in [1.82, 2.24) is 5.32 Å². The molecule has 0 aromatic heterocycles. The molecule has 3 nitrogen and oxygen atoms in total. The third-order valence-corrected chi connectivity index (χ3v) is 4.55. The highest BCUT2D eigenvalue weighted by Gasteiger charge is 2.22. The highest BCUT2D eigenvalue weighted by atomic mass is 16.1. The maximum atomic E-state index is 12.5. The summed E-state index contributed by atoms with van der Waals surface area (Å²) in [6.07, 6.45) is 1.49. The zero-order chi connectivity index (χ0) is 16.4. The molecule has 0 spiro atoms. The van der Waals surface area contributed by atoms with E-state index in [4.69, 9.17) is 0 Å². The molecule has 2 N–H and O–H groups in total. The number of rotatable bonds is 3. The molecule has 1 heterocycles. The summed E-state index contributed by atoms with van der Waals surface area (Å²) >= 11 is 0. The lowest BCUT2D eigenvalue weighted by Crippen LogP contribution is -2.32. The van der Waals surface area contributed by atoms with Crippen molar-refractivity contribution in [2.24, 2.45) is 0 Å². The van der Waals surface area contributed by atoms with Crippen molar-refractivity contribution in [3.63, 3.8) is 0 Å². The third-order valence-electron chi connectivity index (χ3n) is 4.55. The summed E-state index contributed by atoms with van der Waals surface area (Å²) in [5.74, 6) is 0.0641. The second kappa shape index (κ2) is 6.55. The predicted octanol–water partition coefficient (Wildman–Crippen LogP) is 3.83. The molecule has 3 heteroatoms. The van der Waals surface area contributed by atoms with Crippen LogP contribution in [-0.4, -0.2) is 12.5 Å². The quantitative estimate of drug-likeness (QED) is 0.905. The molecule has 1 aliphatic rings. The van der Waals surface area contributed by atoms with E-state index in [0.717, 1.165) is 29.8 Å². The molecule has 0 saturated heterocycles. The topological polar surface area (TPSA) is 41.1 Å². The first-order chi connectivity index (χ1) is 11.0. The highest BCUT2D eigenvalue weighted by molar-refractivity contribution is 5.93. The van der Waals surface area contributed by atoms with Gasteiger partial charge in [0.25, 0.3) is 0 Å². The van der Waals surface area contributed by atoms with E-state index in [1.54, 1.807) is 0 Å². The van der Waals surface area contributed by atoms with Gasteiger partial charge in [-0.15, -0.1) is 0 Å². The molecule has 1 unspecified atom stereocenters. The number of fused-ring (bicyclic) bond motifs is 1. The van der Waals surface area contributed by atoms with Crippen molar-refractivity contribution < 1.29 is 4.79 Å². The lowest BCUT2D eigenvalue weighted by atomic mass is 9.92. The molecule has 1 atom stereocenters. The van der Waals surface area contributed by atoms with Crippen LogP contribution < -0.4 is 10.6 Å². The van der Waals surface area contributed by atoms with Gasteiger partial charge in [-0.2, -0.15) is 0 Å². The summed E-state index contributed by atoms with van der Waals surface area (Å²) in [7, 11) is 0. The molecule has 1 amide bonds. The molecule has 0 saturated carbocycles. The number of nitrogens with one attached hydrogen (secondary N) is 2. The molecular weight excluding hydrogens is 284 g/mol. The molecule has 0 bridgehead atoms. The van der Waals surface area contributed by atoms with Gasteiger partial charge in [-0.3, -0.25) is 4.79 Å². The summed E-state index contributed by atoms with van der Waals surface area (Å²) in [6.45, 7) is 7.10. The lowest BCUT2D eigenvalue weighted by molar-refractivity contribution is -0.116. The van der Waals surface area contributed by atoms with Crippen molar-refractivity contribution in [1.29, 1.82) is 0 Å². The molecule has 0 fully saturated rings. The highest BCUT2D eigenvalue weighted by Crippen LogP contribution is 2.27. The van der Waals surface area contributed by atoms with Gasteiger partial charge in [-0.05, 0) is 56.0 Å². The van der Waals surface area contributed by atoms with Crippen LogP contribution in [0.4, 0.5) is 5.69 Å². The SMILES string of the molecule is Cc1cc(C)c(NC(=O)CC2NCCc3ccccc32)c(C)c1. The molecular formula is C20H24N2O. The number of carbonyl (C=O) groups excluding carboxylic acids is 1. The monoisotopic (exact) mass is 308 g/mol. The van der Waals surface area contributed by atoms with Gasteiger partial charge in [0.1, 0.15) is 0 Å². The maximum absolute atomic E-state index is 12.5. The average Bonchev–Trinajstić information content (AvgIpc) is 2.51. The summed E-state index contributed by atoms with van der Waals surface area (Å²) < 4.78 is 0. The molecule has 2 aromatic carbocycles. The first kappa shape index (κ1) is 15.8. The Morgan fingerprint density at radius 3 is 2.61 bits per heavy atom. The summed E-state index contributed by atoms with van der Waals surface area (Å²) in [5, 5.41) is 6.57. The average molecular weight is 308 g/mol. The first-order valence-corrected chi connectivity index (χ1v) is 8.23. The number of hydrogen-bond donors (Lipinski definition) is 2. The number of anilines is 1. The number of hydrogen-bond acceptors (Lipinski definition) is 2. The summed E-state index contributed by atoms with van der Waals surface area (Å²) in [5.41, 5.74) is 7.02. The van der Waals surface area contributed by atoms with E-state index in [-0.39, 0.29) is 11.9 Å². The Labute approximate surface area is 138 Å². The van der Waals surface area contributed by atoms with Crippen LogP contribution in [-0.2, 0) is 11.2 Å². The smallest absolute Gasteiger partial charge is 0.226 e. The molecule has 3 rings (SSSR count). The van der Waals surface area contributed by atoms with Crippen LogP contribution in [0.25, 0.3) is 0 Å². The molecule has 120 valence electrons. The summed E-state index contributed by atoms with van der Waals surface area (Å²) in [4.78, 5) is 12.5. The van der Waals surface area contributed by atoms with E-state index < -0.39 is 0 Å². The molecule has 2 aromatic rings. The van der Waals surface area contributed by atoms with E-state index in [9.17, 15) is 4.79 Å². The van der Waals surface area contributed by atoms with Crippen LogP contribution in [0.5, 0.6) is 0 Å². The summed E-state index contributed by atoms with van der Waals surface area (Å²) in [6, 6.07) is 12.7. The van der Waals surface area contributed by atoms with Crippen LogP contribution in [0.15, 0.2) is 36.4 Å². The van der Waals surface area contributed by atoms with Crippen molar-refractivity contribution in [3.05, 3.63) is 64.2 Å². The molecule has 0 aliphatic carbocycles. The van der Waals surface area contributed by atoms with Crippen molar-refractivity contribution >= 4 is 11.6 Å². The predicted molar refractivity (Wildman–Crippen MR) is 94.8 cm³/mol.